The zero-order valence-electron chi connectivity index (χ0n) is 65.0. The van der Waals surface area contributed by atoms with E-state index in [-0.39, 0.29) is 102 Å². The van der Waals surface area contributed by atoms with E-state index in [1.54, 1.807) is 51.3 Å². The van der Waals surface area contributed by atoms with Gasteiger partial charge in [-0.05, 0) is 192 Å². The number of amides is 4. The second-order valence-electron chi connectivity index (χ2n) is 32.1. The highest BCUT2D eigenvalue weighted by atomic mass is 16.5. The molecule has 4 heterocycles. The van der Waals surface area contributed by atoms with E-state index in [1.165, 1.54) is 9.80 Å². The van der Waals surface area contributed by atoms with Crippen molar-refractivity contribution in [3.05, 3.63) is 0 Å². The molecule has 0 spiro atoms. The molecule has 0 aromatic rings. The molecule has 4 saturated heterocycles. The summed E-state index contributed by atoms with van der Waals surface area (Å²) in [5, 5.41) is 69.2. The van der Waals surface area contributed by atoms with Crippen LogP contribution in [0.4, 0.5) is 0 Å². The van der Waals surface area contributed by atoms with Crippen molar-refractivity contribution in [2.75, 3.05) is 13.2 Å². The van der Waals surface area contributed by atoms with Crippen LogP contribution in [0.15, 0.2) is 0 Å². The number of ether oxygens (including phenoxy) is 2. The highest BCUT2D eigenvalue weighted by Crippen LogP contribution is 2.44. The second-order valence-corrected chi connectivity index (χ2v) is 32.1. The third-order valence-electron chi connectivity index (χ3n) is 22.8. The Morgan fingerprint density at radius 3 is 0.876 bits per heavy atom. The van der Waals surface area contributed by atoms with Crippen molar-refractivity contribution < 1.29 is 97.6 Å². The first-order valence-electron chi connectivity index (χ1n) is 39.6. The number of carboxylic acid groups (broad SMARTS) is 6. The fourth-order valence-corrected chi connectivity index (χ4v) is 17.7. The number of hydrogen-bond acceptors (Lipinski definition) is 18. The van der Waals surface area contributed by atoms with E-state index in [2.05, 4.69) is 21.3 Å². The van der Waals surface area contributed by atoms with E-state index in [0.29, 0.717) is 63.9 Å². The van der Waals surface area contributed by atoms with Crippen LogP contribution >= 0.6 is 0 Å². The minimum Gasteiger partial charge on any atom is -0.480 e. The molecular formula is C77H130N8O20. The Kier molecular flexibility index (Phi) is 36.4. The molecule has 0 bridgehead atoms. The molecule has 8 aliphatic rings. The number of aliphatic carboxylic acids is 6. The lowest BCUT2D eigenvalue weighted by Crippen LogP contribution is -2.55. The minimum absolute atomic E-state index is 0.00254. The highest BCUT2D eigenvalue weighted by Gasteiger charge is 2.53. The predicted molar refractivity (Wildman–Crippen MR) is 391 cm³/mol. The lowest BCUT2D eigenvalue weighted by molar-refractivity contribution is -0.152. The van der Waals surface area contributed by atoms with Gasteiger partial charge in [0.1, 0.15) is 48.3 Å². The Labute approximate surface area is 622 Å². The van der Waals surface area contributed by atoms with Gasteiger partial charge in [0.2, 0.25) is 23.6 Å². The SMILES string of the molecule is CC(C)CC[C@H](N[C@@H](C)C(=O)N1[C@H](C(=O)O)C[C@H]2CCCC[C@@H]21)C(=O)O.CC(C)C[C@H](N[C@@H](C)C(=O)N1[C@H](C(=O)O)C[C@H]2CCCC[C@@H]21)C(=O)O.CCCC[C@H](N[C@@H](C)C(=O)N1[C@H](C(=O)O)C[C@H]2CCCC[C@@H]21)C(=O)OCC.CCOC(=O)[C@H](CC(C)C)N[C@@H](C)C(=O)N1[C@H](C(=O)O)C[C@H]2CCCC[C@@H]21. The fraction of sp³-hybridized carbons (Fsp3) is 0.844. The largest absolute Gasteiger partial charge is 0.480 e. The maximum absolute atomic E-state index is 13.2. The summed E-state index contributed by atoms with van der Waals surface area (Å²) in [7, 11) is 0. The summed E-state index contributed by atoms with van der Waals surface area (Å²) in [5.74, 6) is -5.65. The van der Waals surface area contributed by atoms with Gasteiger partial charge in [0.15, 0.2) is 0 Å². The van der Waals surface area contributed by atoms with Crippen molar-refractivity contribution in [2.45, 2.75) is 360 Å². The molecule has 0 unspecified atom stereocenters. The zero-order valence-corrected chi connectivity index (χ0v) is 65.0. The topological polar surface area (TPSA) is 406 Å². The van der Waals surface area contributed by atoms with Crippen molar-refractivity contribution in [3.63, 3.8) is 0 Å². The van der Waals surface area contributed by atoms with Gasteiger partial charge in [-0.1, -0.05) is 113 Å². The minimum atomic E-state index is -0.986. The van der Waals surface area contributed by atoms with E-state index >= 15 is 0 Å². The van der Waals surface area contributed by atoms with Gasteiger partial charge in [-0.15, -0.1) is 0 Å². The van der Waals surface area contributed by atoms with Gasteiger partial charge in [0, 0.05) is 24.2 Å². The van der Waals surface area contributed by atoms with Crippen LogP contribution < -0.4 is 21.3 Å². The molecule has 598 valence electrons. The third kappa shape index (κ3) is 25.0. The number of rotatable bonds is 32. The van der Waals surface area contributed by atoms with Crippen molar-refractivity contribution in [3.8, 4) is 0 Å². The molecule has 0 aromatic heterocycles. The Balaban J connectivity index is 0.000000252. The quantitative estimate of drug-likeness (QED) is 0.0283. The molecule has 8 fully saturated rings. The number of fused-ring (bicyclic) bond motifs is 4. The van der Waals surface area contributed by atoms with E-state index in [4.69, 9.17) is 9.47 Å². The Morgan fingerprint density at radius 2 is 0.610 bits per heavy atom. The summed E-state index contributed by atoms with van der Waals surface area (Å²) in [6.45, 7) is 24.8. The number of likely N-dealkylation sites (tertiary alicyclic amines) is 4. The van der Waals surface area contributed by atoms with Gasteiger partial charge < -0.3 is 59.7 Å². The molecule has 0 aromatic carbocycles. The van der Waals surface area contributed by atoms with Crippen LogP contribution in [-0.4, -0.2) is 232 Å². The van der Waals surface area contributed by atoms with Gasteiger partial charge in [-0.25, -0.2) is 19.2 Å². The first-order chi connectivity index (χ1) is 49.6. The summed E-state index contributed by atoms with van der Waals surface area (Å²) in [6, 6.07) is -8.58. The van der Waals surface area contributed by atoms with Crippen LogP contribution in [0.25, 0.3) is 0 Å². The lowest BCUT2D eigenvalue weighted by atomic mass is 9.84. The summed E-state index contributed by atoms with van der Waals surface area (Å²) >= 11 is 0. The predicted octanol–water partition coefficient (Wildman–Crippen LogP) is 8.32. The second kappa shape index (κ2) is 42.9. The van der Waals surface area contributed by atoms with Crippen LogP contribution in [-0.2, 0) is 67.0 Å². The van der Waals surface area contributed by atoms with Crippen LogP contribution in [0.5, 0.6) is 0 Å². The maximum Gasteiger partial charge on any atom is 0.326 e. The van der Waals surface area contributed by atoms with Gasteiger partial charge >= 0.3 is 47.8 Å². The number of carbonyl (C=O) groups is 12. The zero-order chi connectivity index (χ0) is 78.3. The Hall–Kier alpha value is -6.52. The van der Waals surface area contributed by atoms with Gasteiger partial charge in [-0.3, -0.25) is 59.6 Å². The number of hydrogen-bond donors (Lipinski definition) is 10. The molecule has 8 rings (SSSR count). The average molecular weight is 1490 g/mol. The molecule has 4 saturated carbocycles. The normalized spacial score (nSPS) is 27.6. The number of carbonyl (C=O) groups excluding carboxylic acids is 6. The molecule has 4 aliphatic heterocycles. The van der Waals surface area contributed by atoms with Crippen LogP contribution in [0, 0.1) is 41.4 Å². The Bertz CT molecular complexity index is 2900. The summed E-state index contributed by atoms with van der Waals surface area (Å²) in [6.07, 6.45) is 22.4. The van der Waals surface area contributed by atoms with Gasteiger partial charge in [0.25, 0.3) is 0 Å². The average Bonchev–Trinajstić information content (AvgIpc) is 1.66. The van der Waals surface area contributed by atoms with Crippen LogP contribution in [0.3, 0.4) is 0 Å². The van der Waals surface area contributed by atoms with E-state index in [0.717, 1.165) is 122 Å². The summed E-state index contributed by atoms with van der Waals surface area (Å²) in [5.41, 5.74) is 0. The van der Waals surface area contributed by atoms with Gasteiger partial charge in [-0.2, -0.15) is 0 Å². The molecule has 4 amide bonds. The Morgan fingerprint density at radius 1 is 0.343 bits per heavy atom. The van der Waals surface area contributed by atoms with E-state index in [1.807, 2.05) is 48.5 Å². The smallest absolute Gasteiger partial charge is 0.326 e. The van der Waals surface area contributed by atoms with Crippen molar-refractivity contribution >= 4 is 71.4 Å². The number of nitrogens with one attached hydrogen (secondary N) is 4. The number of carboxylic acids is 6. The molecule has 0 radical (unpaired) electrons. The monoisotopic (exact) mass is 1490 g/mol. The molecule has 20 atom stereocenters. The number of unbranched alkanes of at least 4 members (excludes halogenated alkanes) is 1. The number of nitrogens with zero attached hydrogens (tertiary/aromatic N) is 4. The highest BCUT2D eigenvalue weighted by molar-refractivity contribution is 5.91. The molecule has 28 heteroatoms. The number of esters is 2. The maximum atomic E-state index is 13.2. The molecule has 105 heavy (non-hydrogen) atoms. The molecule has 4 aliphatic carbocycles. The molecule has 10 N–H and O–H groups in total. The lowest BCUT2D eigenvalue weighted by Gasteiger charge is -2.35. The van der Waals surface area contributed by atoms with E-state index in [9.17, 15) is 88.2 Å². The van der Waals surface area contributed by atoms with Crippen molar-refractivity contribution in [1.82, 2.24) is 40.9 Å². The first kappa shape index (κ1) is 89.1. The van der Waals surface area contributed by atoms with Crippen LogP contribution in [0.1, 0.15) is 263 Å². The molecule has 28 nitrogen and oxygen atoms in total. The molecular weight excluding hydrogens is 1360 g/mol. The van der Waals surface area contributed by atoms with Crippen LogP contribution in [0.2, 0.25) is 0 Å². The first-order valence-corrected chi connectivity index (χ1v) is 39.6. The summed E-state index contributed by atoms with van der Waals surface area (Å²) in [4.78, 5) is 153. The third-order valence-corrected chi connectivity index (χ3v) is 22.8. The fourth-order valence-electron chi connectivity index (χ4n) is 17.7. The van der Waals surface area contributed by atoms with E-state index < -0.39 is 108 Å². The summed E-state index contributed by atoms with van der Waals surface area (Å²) < 4.78 is 10.3. The standard InChI is InChI=1S/2C20H34N2O5.C19H32N2O5.C18H30N2O5/c1-5-27-20(26)15(10-12(2)3)21-13(4)18(23)22-16-9-7-6-8-14(16)11-17(22)19(24)25;1-4-6-10-15(20(26)27-5-2)21-13(3)18(23)22-16-11-8-7-9-14(16)12-17(22)19(24)25;1-11(2)8-9-14(18(23)24)20-12(3)17(22)21-15-7-5-4-6-13(15)10-16(21)19(25)26;1-10(2)8-13(17(22)23)19-11(3)16(21)20-14-7-5-4-6-12(14)9-15(20)18(24)25/h12-17,21H,5-11H2,1-4H3,(H,24,25);13-17,21H,4-12H2,1-3H3,(H,24,25);11-16,20H,4-10H2,1-3H3,(H,23,24)(H,25,26);10-15,19H,4-9H2,1-3H3,(H,22,23)(H,24,25)/t2*13-,14+,15-,16-,17-;12-,13+,14-,15-,16-;11-,12+,13-,14-,15-/m0000/s1. The van der Waals surface area contributed by atoms with Gasteiger partial charge in [0.05, 0.1) is 37.4 Å². The van der Waals surface area contributed by atoms with Crippen molar-refractivity contribution in [1.29, 1.82) is 0 Å². The van der Waals surface area contributed by atoms with Crippen molar-refractivity contribution in [2.24, 2.45) is 41.4 Å².